The molecule has 7 nitrogen and oxygen atoms in total. The Bertz CT molecular complexity index is 695. The lowest BCUT2D eigenvalue weighted by atomic mass is 10.3. The molecule has 1 fully saturated rings. The lowest BCUT2D eigenvalue weighted by molar-refractivity contribution is -0.384. The summed E-state index contributed by atoms with van der Waals surface area (Å²) in [5, 5.41) is 14.4. The number of nitrogens with zero attached hydrogens (tertiary/aromatic N) is 3. The molecule has 0 amide bonds. The van der Waals surface area contributed by atoms with E-state index in [-0.39, 0.29) is 5.69 Å². The minimum Gasteiger partial charge on any atom is -0.468 e. The van der Waals surface area contributed by atoms with Crippen LogP contribution in [0.5, 0.6) is 0 Å². The number of nitro benzene ring substituents is 1. The van der Waals surface area contributed by atoms with Crippen molar-refractivity contribution in [2.24, 2.45) is 0 Å². The number of thiocarbonyl (C=S) groups is 1. The highest BCUT2D eigenvalue weighted by Crippen LogP contribution is 2.16. The van der Waals surface area contributed by atoms with E-state index in [4.69, 9.17) is 16.6 Å². The summed E-state index contributed by atoms with van der Waals surface area (Å²) in [6, 6.07) is 10.1. The summed E-state index contributed by atoms with van der Waals surface area (Å²) >= 11 is 5.44. The Kier molecular flexibility index (Phi) is 5.07. The van der Waals surface area contributed by atoms with E-state index in [1.165, 1.54) is 12.1 Å². The van der Waals surface area contributed by atoms with Gasteiger partial charge in [0.15, 0.2) is 5.11 Å². The molecule has 2 aromatic rings. The van der Waals surface area contributed by atoms with Gasteiger partial charge in [-0.25, -0.2) is 0 Å². The van der Waals surface area contributed by atoms with Crippen molar-refractivity contribution in [2.75, 3.05) is 31.5 Å². The Balaban J connectivity index is 1.49. The maximum atomic E-state index is 10.7. The maximum absolute atomic E-state index is 10.7. The summed E-state index contributed by atoms with van der Waals surface area (Å²) in [5.41, 5.74) is 0.821. The van der Waals surface area contributed by atoms with Gasteiger partial charge in [0.1, 0.15) is 5.76 Å². The third-order valence-electron chi connectivity index (χ3n) is 3.95. The minimum absolute atomic E-state index is 0.0676. The van der Waals surface area contributed by atoms with Crippen LogP contribution in [0.25, 0.3) is 0 Å². The van der Waals surface area contributed by atoms with Crippen LogP contribution in [-0.4, -0.2) is 46.0 Å². The van der Waals surface area contributed by atoms with Crippen LogP contribution in [0.2, 0.25) is 0 Å². The molecule has 24 heavy (non-hydrogen) atoms. The second-order valence-corrected chi connectivity index (χ2v) is 5.96. The van der Waals surface area contributed by atoms with Crippen LogP contribution in [0.4, 0.5) is 11.4 Å². The van der Waals surface area contributed by atoms with Gasteiger partial charge >= 0.3 is 0 Å². The van der Waals surface area contributed by atoms with Gasteiger partial charge in [0, 0.05) is 44.0 Å². The number of anilines is 1. The van der Waals surface area contributed by atoms with Crippen molar-refractivity contribution in [3.8, 4) is 0 Å². The summed E-state index contributed by atoms with van der Waals surface area (Å²) in [6.07, 6.45) is 1.69. The Morgan fingerprint density at radius 2 is 1.92 bits per heavy atom. The van der Waals surface area contributed by atoms with Crippen molar-refractivity contribution in [2.45, 2.75) is 6.54 Å². The fraction of sp³-hybridized carbons (Fsp3) is 0.312. The van der Waals surface area contributed by atoms with E-state index in [0.717, 1.165) is 44.2 Å². The second-order valence-electron chi connectivity index (χ2n) is 5.58. The number of non-ortho nitro benzene ring substituents is 1. The zero-order valence-corrected chi connectivity index (χ0v) is 13.9. The Labute approximate surface area is 145 Å². The van der Waals surface area contributed by atoms with E-state index in [0.29, 0.717) is 5.11 Å². The predicted octanol–water partition coefficient (Wildman–Crippen LogP) is 2.70. The number of hydrogen-bond acceptors (Lipinski definition) is 5. The summed E-state index contributed by atoms with van der Waals surface area (Å²) in [4.78, 5) is 14.7. The number of furan rings is 1. The van der Waals surface area contributed by atoms with Gasteiger partial charge in [0.05, 0.1) is 17.7 Å². The van der Waals surface area contributed by atoms with Crippen LogP contribution in [-0.2, 0) is 6.54 Å². The topological polar surface area (TPSA) is 74.8 Å². The molecule has 2 heterocycles. The molecular weight excluding hydrogens is 328 g/mol. The van der Waals surface area contributed by atoms with Crippen molar-refractivity contribution < 1.29 is 9.34 Å². The number of hydrogen-bond donors (Lipinski definition) is 1. The van der Waals surface area contributed by atoms with Crippen LogP contribution in [0.1, 0.15) is 5.76 Å². The van der Waals surface area contributed by atoms with Gasteiger partial charge < -0.3 is 14.6 Å². The standard InChI is InChI=1S/C16H18N4O3S/c21-20(22)14-5-3-13(4-6-14)17-16(24)19-9-7-18(8-10-19)12-15-2-1-11-23-15/h1-6,11H,7-10,12H2,(H,17,24). The average molecular weight is 346 g/mol. The Morgan fingerprint density at radius 3 is 2.50 bits per heavy atom. The molecular formula is C16H18N4O3S. The summed E-state index contributed by atoms with van der Waals surface area (Å²) < 4.78 is 5.37. The molecule has 1 aliphatic heterocycles. The first-order valence-electron chi connectivity index (χ1n) is 7.67. The molecule has 0 unspecified atom stereocenters. The van der Waals surface area contributed by atoms with Gasteiger partial charge in [0.25, 0.3) is 5.69 Å². The van der Waals surface area contributed by atoms with E-state index >= 15 is 0 Å². The zero-order chi connectivity index (χ0) is 16.9. The fourth-order valence-corrected chi connectivity index (χ4v) is 2.90. The summed E-state index contributed by atoms with van der Waals surface area (Å²) in [7, 11) is 0. The largest absolute Gasteiger partial charge is 0.468 e. The van der Waals surface area contributed by atoms with Gasteiger partial charge in [-0.15, -0.1) is 0 Å². The second kappa shape index (κ2) is 7.41. The highest BCUT2D eigenvalue weighted by Gasteiger charge is 2.19. The SMILES string of the molecule is O=[N+]([O-])c1ccc(NC(=S)N2CCN(Cc3ccco3)CC2)cc1. The molecule has 0 atom stereocenters. The summed E-state index contributed by atoms with van der Waals surface area (Å²) in [6.45, 7) is 4.29. The molecule has 1 aliphatic rings. The first kappa shape index (κ1) is 16.4. The third kappa shape index (κ3) is 4.09. The van der Waals surface area contributed by atoms with Crippen LogP contribution in [0.3, 0.4) is 0 Å². The van der Waals surface area contributed by atoms with E-state index < -0.39 is 4.92 Å². The smallest absolute Gasteiger partial charge is 0.269 e. The predicted molar refractivity (Wildman–Crippen MR) is 94.9 cm³/mol. The molecule has 8 heteroatoms. The Hall–Kier alpha value is -2.45. The Morgan fingerprint density at radius 1 is 1.21 bits per heavy atom. The first-order chi connectivity index (χ1) is 11.6. The molecule has 0 radical (unpaired) electrons. The van der Waals surface area contributed by atoms with Crippen LogP contribution >= 0.6 is 12.2 Å². The normalized spacial score (nSPS) is 15.2. The molecule has 126 valence electrons. The minimum atomic E-state index is -0.416. The zero-order valence-electron chi connectivity index (χ0n) is 13.1. The van der Waals surface area contributed by atoms with E-state index in [2.05, 4.69) is 15.1 Å². The van der Waals surface area contributed by atoms with Gasteiger partial charge in [0.2, 0.25) is 0 Å². The van der Waals surface area contributed by atoms with E-state index in [9.17, 15) is 10.1 Å². The lowest BCUT2D eigenvalue weighted by Crippen LogP contribution is -2.49. The number of rotatable bonds is 4. The van der Waals surface area contributed by atoms with Crippen molar-refractivity contribution in [1.82, 2.24) is 9.80 Å². The summed E-state index contributed by atoms with van der Waals surface area (Å²) in [5.74, 6) is 0.968. The maximum Gasteiger partial charge on any atom is 0.269 e. The first-order valence-corrected chi connectivity index (χ1v) is 8.08. The van der Waals surface area contributed by atoms with E-state index in [1.54, 1.807) is 18.4 Å². The highest BCUT2D eigenvalue weighted by atomic mass is 32.1. The van der Waals surface area contributed by atoms with Crippen LogP contribution in [0, 0.1) is 10.1 Å². The number of piperazine rings is 1. The number of nitrogens with one attached hydrogen (secondary N) is 1. The molecule has 1 N–H and O–H groups in total. The highest BCUT2D eigenvalue weighted by molar-refractivity contribution is 7.80. The molecule has 1 saturated heterocycles. The third-order valence-corrected chi connectivity index (χ3v) is 4.31. The van der Waals surface area contributed by atoms with Gasteiger partial charge in [-0.2, -0.15) is 0 Å². The number of nitro groups is 1. The molecule has 3 rings (SSSR count). The lowest BCUT2D eigenvalue weighted by Gasteiger charge is -2.35. The monoisotopic (exact) mass is 346 g/mol. The van der Waals surface area contributed by atoms with Gasteiger partial charge in [-0.05, 0) is 36.5 Å². The average Bonchev–Trinajstić information content (AvgIpc) is 3.09. The molecule has 0 saturated carbocycles. The van der Waals surface area contributed by atoms with Crippen LogP contribution in [0.15, 0.2) is 47.1 Å². The molecule has 0 bridgehead atoms. The van der Waals surface area contributed by atoms with Crippen molar-refractivity contribution in [3.05, 3.63) is 58.5 Å². The fourth-order valence-electron chi connectivity index (χ4n) is 2.60. The van der Waals surface area contributed by atoms with E-state index in [1.807, 2.05) is 12.1 Å². The van der Waals surface area contributed by atoms with Gasteiger partial charge in [-0.3, -0.25) is 15.0 Å². The quantitative estimate of drug-likeness (QED) is 0.518. The molecule has 1 aromatic carbocycles. The molecule has 0 aliphatic carbocycles. The molecule has 0 spiro atoms. The number of benzene rings is 1. The van der Waals surface area contributed by atoms with Crippen LogP contribution < -0.4 is 5.32 Å². The van der Waals surface area contributed by atoms with Crippen molar-refractivity contribution in [3.63, 3.8) is 0 Å². The van der Waals surface area contributed by atoms with Gasteiger partial charge in [-0.1, -0.05) is 0 Å². The van der Waals surface area contributed by atoms with Crippen molar-refractivity contribution >= 4 is 28.7 Å². The molecule has 1 aromatic heterocycles. The van der Waals surface area contributed by atoms with Crippen molar-refractivity contribution in [1.29, 1.82) is 0 Å².